The zero-order valence-electron chi connectivity index (χ0n) is 52.7. The molecule has 0 aliphatic heterocycles. The van der Waals surface area contributed by atoms with Crippen molar-refractivity contribution in [2.75, 3.05) is 47.3 Å². The first-order valence-corrected chi connectivity index (χ1v) is 33.7. The Hall–Kier alpha value is -4.64. The highest BCUT2D eigenvalue weighted by Crippen LogP contribution is 2.57. The molecule has 2 nitrogen and oxygen atoms in total. The molecule has 0 amide bonds. The van der Waals surface area contributed by atoms with Crippen molar-refractivity contribution in [1.82, 2.24) is 0 Å². The number of nitrogens with zero attached hydrogens (tertiary/aromatic N) is 2. The van der Waals surface area contributed by atoms with Crippen molar-refractivity contribution < 1.29 is 0 Å². The van der Waals surface area contributed by atoms with E-state index in [1.54, 1.807) is 0 Å². The van der Waals surface area contributed by atoms with Crippen LogP contribution in [-0.4, -0.2) is 37.5 Å². The Balaban J connectivity index is 1.83. The molecule has 0 aromatic heterocycles. The lowest BCUT2D eigenvalue weighted by molar-refractivity contribution is 0.567. The van der Waals surface area contributed by atoms with Gasteiger partial charge in [-0.05, 0) is 191 Å². The van der Waals surface area contributed by atoms with Crippen LogP contribution in [0.1, 0.15) is 184 Å². The summed E-state index contributed by atoms with van der Waals surface area (Å²) in [6.07, 6.45) is 14.7. The van der Waals surface area contributed by atoms with Crippen molar-refractivity contribution in [2.24, 2.45) is 0 Å². The third-order valence-corrected chi connectivity index (χ3v) is 18.9. The smallest absolute Gasteiger partial charge is 0.0620 e. The number of rotatable bonds is 8. The molecule has 0 N–H and O–H groups in total. The summed E-state index contributed by atoms with van der Waals surface area (Å²) in [6, 6.07) is 47.0. The fraction of sp³-hybridized carbons (Fsp3) is 0.472. The van der Waals surface area contributed by atoms with Gasteiger partial charge in [0.05, 0.1) is 11.4 Å². The summed E-state index contributed by atoms with van der Waals surface area (Å²) < 4.78 is 0. The molecular formula is C72H100N2S2. The van der Waals surface area contributed by atoms with Gasteiger partial charge in [0.25, 0.3) is 0 Å². The Labute approximate surface area is 467 Å². The molecule has 0 fully saturated rings. The van der Waals surface area contributed by atoms with Crippen molar-refractivity contribution in [1.29, 1.82) is 0 Å². The van der Waals surface area contributed by atoms with Crippen LogP contribution in [0.25, 0.3) is 21.5 Å². The van der Waals surface area contributed by atoms with E-state index in [0.29, 0.717) is 0 Å². The van der Waals surface area contributed by atoms with Gasteiger partial charge >= 0.3 is 0 Å². The number of hydrogen-bond donors (Lipinski definition) is 0. The second-order valence-corrected chi connectivity index (χ2v) is 39.4. The molecule has 0 radical (unpaired) electrons. The molecule has 0 aliphatic carbocycles. The lowest BCUT2D eigenvalue weighted by Crippen LogP contribution is -2.22. The molecule has 0 atom stereocenters. The van der Waals surface area contributed by atoms with Crippen molar-refractivity contribution >= 4 is 75.7 Å². The molecule has 0 saturated carbocycles. The van der Waals surface area contributed by atoms with Crippen molar-refractivity contribution in [3.63, 3.8) is 0 Å². The fourth-order valence-corrected chi connectivity index (χ4v) is 12.0. The minimum absolute atomic E-state index is 0.0785. The van der Waals surface area contributed by atoms with E-state index in [2.05, 4.69) is 308 Å². The van der Waals surface area contributed by atoms with Gasteiger partial charge in [0, 0.05) is 44.3 Å². The van der Waals surface area contributed by atoms with E-state index in [1.807, 2.05) is 0 Å². The SMILES string of the molecule is CC(C)(C)c1cc(N(c2cc(C(C)(C)C)cc(S(C)(C)C)c2)c2c3ccccc3c(N(c3cc(C(C)(C)C)cc(C(C)(C)C)c3)c3cc(C(C)(C)C)cc(C(C)(C)C)c3)c3cc(S(C)(C)C)ccc23)cc(C(C)(C)C)c1. The van der Waals surface area contributed by atoms with Crippen LogP contribution in [0.3, 0.4) is 0 Å². The summed E-state index contributed by atoms with van der Waals surface area (Å²) in [4.78, 5) is 8.19. The Bertz CT molecular complexity index is 3020. The van der Waals surface area contributed by atoms with Gasteiger partial charge in [-0.15, -0.1) is 0 Å². The van der Waals surface area contributed by atoms with Crippen molar-refractivity contribution in [3.8, 4) is 0 Å². The first kappa shape index (κ1) is 59.0. The fourth-order valence-electron chi connectivity index (χ4n) is 10.1. The summed E-state index contributed by atoms with van der Waals surface area (Å²) in [6.45, 7) is 49.8. The normalized spacial score (nSPS) is 14.1. The molecule has 0 heterocycles. The van der Waals surface area contributed by atoms with Crippen molar-refractivity contribution in [2.45, 2.75) is 193 Å². The number of fused-ring (bicyclic) bond motifs is 2. The van der Waals surface area contributed by atoms with Crippen LogP contribution >= 0.6 is 20.1 Å². The second-order valence-electron chi connectivity index (χ2n) is 31.1. The molecule has 4 heteroatoms. The van der Waals surface area contributed by atoms with Crippen LogP contribution < -0.4 is 9.80 Å². The van der Waals surface area contributed by atoms with E-state index in [0.717, 1.165) is 0 Å². The molecule has 0 unspecified atom stereocenters. The largest absolute Gasteiger partial charge is 0.309 e. The van der Waals surface area contributed by atoms with Crippen LogP contribution in [0.2, 0.25) is 0 Å². The van der Waals surface area contributed by atoms with Gasteiger partial charge in [-0.1, -0.05) is 194 Å². The topological polar surface area (TPSA) is 6.48 Å². The summed E-state index contributed by atoms with van der Waals surface area (Å²) in [5.74, 6) is 0. The standard InChI is InChI=1S/C72H100N2S2/c1-66(2,3)47-34-48(67(4,5)6)38-54(37-47)73(55-39-49(68(7,8)9)35-50(40-55)69(10,11)12)65-61-31-29-28-30-60(61)64(62-33-32-58(46-63(62)65)75(22,23)24)74(56-41-51(70(13,14)15)36-52(42-56)71(16,17)18)57-43-53(72(19,20)21)44-59(45-57)76(25,26)27/h28-46H,1-27H3. The molecule has 0 aliphatic rings. The quantitative estimate of drug-likeness (QED) is 0.111. The maximum atomic E-state index is 2.69. The van der Waals surface area contributed by atoms with Crippen molar-refractivity contribution in [3.05, 3.63) is 154 Å². The van der Waals surface area contributed by atoms with Gasteiger partial charge in [-0.2, -0.15) is 0 Å². The molecule has 0 bridgehead atoms. The molecule has 410 valence electrons. The Morgan fingerprint density at radius 2 is 0.500 bits per heavy atom. The van der Waals surface area contributed by atoms with Crippen LogP contribution in [0.15, 0.2) is 125 Å². The second kappa shape index (κ2) is 19.6. The van der Waals surface area contributed by atoms with E-state index in [4.69, 9.17) is 0 Å². The third kappa shape index (κ3) is 12.4. The number of benzene rings is 7. The number of hydrogen-bond acceptors (Lipinski definition) is 2. The highest BCUT2D eigenvalue weighted by Gasteiger charge is 2.33. The third-order valence-electron chi connectivity index (χ3n) is 15.5. The first-order valence-electron chi connectivity index (χ1n) is 27.9. The van der Waals surface area contributed by atoms with Crippen LogP contribution in [0.5, 0.6) is 0 Å². The van der Waals surface area contributed by atoms with Gasteiger partial charge in [-0.3, -0.25) is 0 Å². The minimum Gasteiger partial charge on any atom is -0.309 e. The average Bonchev–Trinajstić information content (AvgIpc) is 3.26. The molecule has 7 aromatic rings. The summed E-state index contributed by atoms with van der Waals surface area (Å²) >= 11 is 0. The maximum absolute atomic E-state index is 2.69. The highest BCUT2D eigenvalue weighted by atomic mass is 32.3. The lowest BCUT2D eigenvalue weighted by atomic mass is 9.79. The first-order chi connectivity index (χ1) is 34.3. The molecule has 76 heavy (non-hydrogen) atoms. The predicted octanol–water partition coefficient (Wildman–Crippen LogP) is 22.1. The van der Waals surface area contributed by atoms with E-state index in [9.17, 15) is 0 Å². The summed E-state index contributed by atoms with van der Waals surface area (Å²) in [5.41, 5.74) is 16.0. The van der Waals surface area contributed by atoms with E-state index >= 15 is 0 Å². The Morgan fingerprint density at radius 3 is 0.776 bits per heavy atom. The van der Waals surface area contributed by atoms with Gasteiger partial charge in [0.1, 0.15) is 0 Å². The Kier molecular flexibility index (Phi) is 15.2. The van der Waals surface area contributed by atoms with Crippen LogP contribution in [0.4, 0.5) is 34.1 Å². The Morgan fingerprint density at radius 1 is 0.250 bits per heavy atom. The molecule has 0 spiro atoms. The number of anilines is 6. The van der Waals surface area contributed by atoms with E-state index in [-0.39, 0.29) is 37.9 Å². The zero-order valence-corrected chi connectivity index (χ0v) is 54.3. The van der Waals surface area contributed by atoms with Crippen LogP contribution in [0, 0.1) is 0 Å². The molecule has 7 aromatic carbocycles. The summed E-state index contributed by atoms with van der Waals surface area (Å²) in [5, 5.41) is 4.94. The lowest BCUT2D eigenvalue weighted by Gasteiger charge is -2.38. The molecule has 7 rings (SSSR count). The van der Waals surface area contributed by atoms with E-state index in [1.165, 1.54) is 104 Å². The van der Waals surface area contributed by atoms with Gasteiger partial charge < -0.3 is 9.80 Å². The summed E-state index contributed by atoms with van der Waals surface area (Å²) in [7, 11) is -2.32. The molecular weight excluding hydrogens is 957 g/mol. The van der Waals surface area contributed by atoms with E-state index < -0.39 is 20.1 Å². The highest BCUT2D eigenvalue weighted by molar-refractivity contribution is 8.32. The van der Waals surface area contributed by atoms with Crippen LogP contribution in [-0.2, 0) is 37.9 Å². The zero-order chi connectivity index (χ0) is 57.1. The van der Waals surface area contributed by atoms with Gasteiger partial charge in [-0.25, -0.2) is 20.1 Å². The maximum Gasteiger partial charge on any atom is 0.0620 e. The van der Waals surface area contributed by atoms with Gasteiger partial charge in [0.15, 0.2) is 0 Å². The minimum atomic E-state index is -1.18. The monoisotopic (exact) mass is 1060 g/mol. The predicted molar refractivity (Wildman–Crippen MR) is 349 cm³/mol. The average molecular weight is 1060 g/mol. The van der Waals surface area contributed by atoms with Gasteiger partial charge in [0.2, 0.25) is 0 Å². The molecule has 0 saturated heterocycles.